The number of ether oxygens (including phenoxy) is 1. The van der Waals surface area contributed by atoms with Crippen LogP contribution >= 0.6 is 0 Å². The van der Waals surface area contributed by atoms with Crippen LogP contribution < -0.4 is 0 Å². The van der Waals surface area contributed by atoms with Crippen molar-refractivity contribution in [3.05, 3.63) is 48.0 Å². The molecule has 0 atom stereocenters. The molecule has 1 amide bonds. The van der Waals surface area contributed by atoms with E-state index < -0.39 is 0 Å². The zero-order valence-electron chi connectivity index (χ0n) is 15.9. The number of benzene rings is 1. The number of rotatable bonds is 5. The van der Waals surface area contributed by atoms with E-state index in [1.165, 1.54) is 12.1 Å². The number of amides is 1. The average Bonchev–Trinajstić information content (AvgIpc) is 3.20. The van der Waals surface area contributed by atoms with Crippen molar-refractivity contribution >= 4 is 16.8 Å². The number of aromatic nitrogens is 3. The smallest absolute Gasteiger partial charge is 0.254 e. The van der Waals surface area contributed by atoms with Gasteiger partial charge in [0.25, 0.3) is 5.91 Å². The van der Waals surface area contributed by atoms with Gasteiger partial charge in [-0.25, -0.2) is 9.37 Å². The third-order valence-corrected chi connectivity index (χ3v) is 4.97. The molecule has 28 heavy (non-hydrogen) atoms. The highest BCUT2D eigenvalue weighted by Gasteiger charge is 2.22. The van der Waals surface area contributed by atoms with Gasteiger partial charge in [-0.15, -0.1) is 0 Å². The lowest BCUT2D eigenvalue weighted by Crippen LogP contribution is -2.40. The monoisotopic (exact) mass is 382 g/mol. The van der Waals surface area contributed by atoms with Crippen LogP contribution in [0.3, 0.4) is 0 Å². The molecule has 0 bridgehead atoms. The molecule has 0 unspecified atom stereocenters. The van der Waals surface area contributed by atoms with Gasteiger partial charge < -0.3 is 9.64 Å². The van der Waals surface area contributed by atoms with Gasteiger partial charge in [0.15, 0.2) is 0 Å². The molecule has 3 heterocycles. The van der Waals surface area contributed by atoms with E-state index >= 15 is 0 Å². The number of fused-ring (bicyclic) bond motifs is 1. The molecular formula is C21H23FN4O2. The number of aryl methyl sites for hydroxylation is 1. The van der Waals surface area contributed by atoms with E-state index in [4.69, 9.17) is 4.74 Å². The number of morpholine rings is 1. The Kier molecular flexibility index (Phi) is 5.34. The van der Waals surface area contributed by atoms with Crippen molar-refractivity contribution in [2.24, 2.45) is 0 Å². The maximum Gasteiger partial charge on any atom is 0.254 e. The van der Waals surface area contributed by atoms with Crippen LogP contribution in [-0.4, -0.2) is 51.9 Å². The largest absolute Gasteiger partial charge is 0.378 e. The van der Waals surface area contributed by atoms with Crippen LogP contribution in [0.1, 0.15) is 30.1 Å². The van der Waals surface area contributed by atoms with Crippen LogP contribution in [0.4, 0.5) is 4.39 Å². The maximum atomic E-state index is 13.8. The summed E-state index contributed by atoms with van der Waals surface area (Å²) >= 11 is 0. The van der Waals surface area contributed by atoms with Gasteiger partial charge in [-0.3, -0.25) is 9.48 Å². The molecule has 1 aliphatic rings. The summed E-state index contributed by atoms with van der Waals surface area (Å²) in [6.07, 6.45) is 5.79. The van der Waals surface area contributed by atoms with Crippen molar-refractivity contribution in [1.29, 1.82) is 0 Å². The SMILES string of the molecule is CCCCn1cc(-c2cc(C(=O)N3CCOCC3)c3ccc(F)cc3n2)cn1. The van der Waals surface area contributed by atoms with E-state index in [0.717, 1.165) is 24.9 Å². The zero-order valence-corrected chi connectivity index (χ0v) is 15.9. The maximum absolute atomic E-state index is 13.8. The summed E-state index contributed by atoms with van der Waals surface area (Å²) in [5.74, 6) is -0.456. The molecule has 1 aromatic carbocycles. The number of hydrogen-bond donors (Lipinski definition) is 0. The Morgan fingerprint density at radius 1 is 1.25 bits per heavy atom. The van der Waals surface area contributed by atoms with Crippen molar-refractivity contribution in [2.75, 3.05) is 26.3 Å². The standard InChI is InChI=1S/C21H23FN4O2/c1-2-3-6-26-14-15(13-23-26)19-12-18(21(27)25-7-9-28-10-8-25)17-5-4-16(22)11-20(17)24-19/h4-5,11-14H,2-3,6-10H2,1H3. The van der Waals surface area contributed by atoms with Gasteiger partial charge in [0.1, 0.15) is 5.82 Å². The topological polar surface area (TPSA) is 60.2 Å². The first-order valence-electron chi connectivity index (χ1n) is 9.66. The van der Waals surface area contributed by atoms with Crippen LogP contribution in [0.15, 0.2) is 36.7 Å². The Balaban J connectivity index is 1.77. The van der Waals surface area contributed by atoms with Gasteiger partial charge >= 0.3 is 0 Å². The predicted molar refractivity (Wildman–Crippen MR) is 105 cm³/mol. The quantitative estimate of drug-likeness (QED) is 0.678. The lowest BCUT2D eigenvalue weighted by Gasteiger charge is -2.27. The summed E-state index contributed by atoms with van der Waals surface area (Å²) in [4.78, 5) is 19.5. The lowest BCUT2D eigenvalue weighted by molar-refractivity contribution is 0.0304. The second kappa shape index (κ2) is 8.06. The van der Waals surface area contributed by atoms with Gasteiger partial charge in [0.2, 0.25) is 0 Å². The summed E-state index contributed by atoms with van der Waals surface area (Å²) < 4.78 is 21.1. The molecule has 1 aliphatic heterocycles. The highest BCUT2D eigenvalue weighted by Crippen LogP contribution is 2.26. The van der Waals surface area contributed by atoms with E-state index in [0.29, 0.717) is 48.5 Å². The molecule has 0 N–H and O–H groups in total. The molecular weight excluding hydrogens is 359 g/mol. The normalized spacial score (nSPS) is 14.6. The number of unbranched alkanes of at least 4 members (excludes halogenated alkanes) is 1. The molecule has 1 fully saturated rings. The third kappa shape index (κ3) is 3.75. The highest BCUT2D eigenvalue weighted by molar-refractivity contribution is 6.07. The van der Waals surface area contributed by atoms with Crippen molar-refractivity contribution < 1.29 is 13.9 Å². The molecule has 7 heteroatoms. The summed E-state index contributed by atoms with van der Waals surface area (Å²) in [5, 5.41) is 5.04. The van der Waals surface area contributed by atoms with E-state index in [1.807, 2.05) is 10.9 Å². The Bertz CT molecular complexity index is 995. The average molecular weight is 382 g/mol. The molecule has 146 valence electrons. The fraction of sp³-hybridized carbons (Fsp3) is 0.381. The summed E-state index contributed by atoms with van der Waals surface area (Å²) in [7, 11) is 0. The minimum absolute atomic E-state index is 0.0815. The molecule has 6 nitrogen and oxygen atoms in total. The molecule has 1 saturated heterocycles. The van der Waals surface area contributed by atoms with Crippen LogP contribution in [0.5, 0.6) is 0 Å². The van der Waals surface area contributed by atoms with Crippen LogP contribution in [-0.2, 0) is 11.3 Å². The van der Waals surface area contributed by atoms with Crippen LogP contribution in [0.2, 0.25) is 0 Å². The van der Waals surface area contributed by atoms with E-state index in [-0.39, 0.29) is 11.7 Å². The molecule has 0 saturated carbocycles. The second-order valence-corrected chi connectivity index (χ2v) is 6.97. The fourth-order valence-corrected chi connectivity index (χ4v) is 3.40. The van der Waals surface area contributed by atoms with Crippen molar-refractivity contribution in [1.82, 2.24) is 19.7 Å². The number of pyridine rings is 1. The van der Waals surface area contributed by atoms with Gasteiger partial charge in [0.05, 0.1) is 36.2 Å². The van der Waals surface area contributed by atoms with E-state index in [2.05, 4.69) is 17.0 Å². The van der Waals surface area contributed by atoms with Gasteiger partial charge in [-0.2, -0.15) is 5.10 Å². The van der Waals surface area contributed by atoms with E-state index in [9.17, 15) is 9.18 Å². The minimum atomic E-state index is -0.374. The van der Waals surface area contributed by atoms with Gasteiger partial charge in [-0.05, 0) is 24.6 Å². The van der Waals surface area contributed by atoms with Crippen molar-refractivity contribution in [3.8, 4) is 11.3 Å². The number of hydrogen-bond acceptors (Lipinski definition) is 4. The van der Waals surface area contributed by atoms with Gasteiger partial charge in [0, 0.05) is 42.8 Å². The number of carbonyl (C=O) groups excluding carboxylic acids is 1. The number of carbonyl (C=O) groups is 1. The molecule has 4 rings (SSSR count). The molecule has 2 aromatic heterocycles. The first-order valence-corrected chi connectivity index (χ1v) is 9.66. The molecule has 0 spiro atoms. The first kappa shape index (κ1) is 18.6. The zero-order chi connectivity index (χ0) is 19.5. The van der Waals surface area contributed by atoms with Crippen molar-refractivity contribution in [3.63, 3.8) is 0 Å². The minimum Gasteiger partial charge on any atom is -0.378 e. The highest BCUT2D eigenvalue weighted by atomic mass is 19.1. The Morgan fingerprint density at radius 2 is 2.07 bits per heavy atom. The first-order chi connectivity index (χ1) is 13.7. The Hall–Kier alpha value is -2.80. The van der Waals surface area contributed by atoms with Crippen LogP contribution in [0.25, 0.3) is 22.2 Å². The molecule has 3 aromatic rings. The summed E-state index contributed by atoms with van der Waals surface area (Å²) in [5.41, 5.74) is 2.44. The third-order valence-electron chi connectivity index (χ3n) is 4.97. The molecule has 0 aliphatic carbocycles. The van der Waals surface area contributed by atoms with Gasteiger partial charge in [-0.1, -0.05) is 13.3 Å². The van der Waals surface area contributed by atoms with E-state index in [1.54, 1.807) is 23.2 Å². The Labute approximate surface area is 162 Å². The molecule has 0 radical (unpaired) electrons. The Morgan fingerprint density at radius 3 is 2.86 bits per heavy atom. The van der Waals surface area contributed by atoms with Crippen molar-refractivity contribution in [2.45, 2.75) is 26.3 Å². The number of nitrogens with zero attached hydrogens (tertiary/aromatic N) is 4. The summed E-state index contributed by atoms with van der Waals surface area (Å²) in [6, 6.07) is 6.15. The fourth-order valence-electron chi connectivity index (χ4n) is 3.40. The summed E-state index contributed by atoms with van der Waals surface area (Å²) in [6.45, 7) is 5.12. The predicted octanol–water partition coefficient (Wildman–Crippen LogP) is 3.51. The lowest BCUT2D eigenvalue weighted by atomic mass is 10.0. The second-order valence-electron chi connectivity index (χ2n) is 6.97. The number of halogens is 1. The van der Waals surface area contributed by atoms with Crippen LogP contribution in [0, 0.1) is 5.82 Å².